The second-order valence-electron chi connectivity index (χ2n) is 2.55. The van der Waals surface area contributed by atoms with E-state index in [1.165, 1.54) is 6.20 Å². The Morgan fingerprint density at radius 3 is 2.53 bits per heavy atom. The Morgan fingerprint density at radius 2 is 2.07 bits per heavy atom. The molecule has 4 N–H and O–H groups in total. The van der Waals surface area contributed by atoms with Crippen LogP contribution in [0.5, 0.6) is 5.75 Å². The molecule has 4 nitrogen and oxygen atoms in total. The fraction of sp³-hybridized carbons (Fsp3) is 0.286. The van der Waals surface area contributed by atoms with Crippen molar-refractivity contribution in [3.05, 3.63) is 15.3 Å². The van der Waals surface area contributed by atoms with Crippen LogP contribution in [0.15, 0.2) is 6.20 Å². The van der Waals surface area contributed by atoms with Crippen molar-refractivity contribution in [1.82, 2.24) is 4.98 Å². The predicted octanol–water partition coefficient (Wildman–Crippen LogP) is 1.63. The first-order valence-electron chi connectivity index (χ1n) is 3.74. The van der Waals surface area contributed by atoms with Crippen LogP contribution in [0, 0.1) is 3.57 Å². The smallest absolute Gasteiger partial charge is 0.401 e. The molecule has 1 aromatic rings. The second kappa shape index (κ2) is 4.39. The minimum Gasteiger partial charge on any atom is -0.401 e. The van der Waals surface area contributed by atoms with Crippen molar-refractivity contribution in [2.75, 3.05) is 5.73 Å². The highest BCUT2D eigenvalue weighted by Gasteiger charge is 2.33. The number of hydrogen-bond donors (Lipinski definition) is 2. The minimum absolute atomic E-state index is 0.101. The third-order valence-electron chi connectivity index (χ3n) is 1.53. The van der Waals surface area contributed by atoms with Crippen LogP contribution < -0.4 is 16.2 Å². The molecule has 0 aromatic carbocycles. The largest absolute Gasteiger partial charge is 0.573 e. The van der Waals surface area contributed by atoms with Crippen LogP contribution >= 0.6 is 22.6 Å². The summed E-state index contributed by atoms with van der Waals surface area (Å²) in [6, 6.07) is 0. The molecule has 0 bridgehead atoms. The molecule has 0 unspecified atom stereocenters. The van der Waals surface area contributed by atoms with E-state index in [9.17, 15) is 13.2 Å². The van der Waals surface area contributed by atoms with Gasteiger partial charge in [-0.1, -0.05) is 0 Å². The highest BCUT2D eigenvalue weighted by molar-refractivity contribution is 14.1. The number of ether oxygens (including phenoxy) is 1. The maximum Gasteiger partial charge on any atom is 0.573 e. The molecule has 8 heteroatoms. The number of nitrogens with zero attached hydrogens (tertiary/aromatic N) is 1. The third kappa shape index (κ3) is 3.09. The van der Waals surface area contributed by atoms with E-state index >= 15 is 0 Å². The van der Waals surface area contributed by atoms with Gasteiger partial charge in [-0.2, -0.15) is 0 Å². The monoisotopic (exact) mass is 333 g/mol. The topological polar surface area (TPSA) is 74.2 Å². The average molecular weight is 333 g/mol. The Labute approximate surface area is 96.9 Å². The molecular formula is C7H7F3IN3O. The number of nitrogens with two attached hydrogens (primary N) is 2. The summed E-state index contributed by atoms with van der Waals surface area (Å²) in [5.74, 6) is -0.843. The molecule has 0 aliphatic heterocycles. The van der Waals surface area contributed by atoms with E-state index in [2.05, 4.69) is 9.72 Å². The van der Waals surface area contributed by atoms with Gasteiger partial charge in [-0.15, -0.1) is 13.2 Å². The van der Waals surface area contributed by atoms with Crippen LogP contribution in [0.3, 0.4) is 0 Å². The van der Waals surface area contributed by atoms with Crippen molar-refractivity contribution < 1.29 is 17.9 Å². The molecule has 0 fully saturated rings. The van der Waals surface area contributed by atoms with Crippen LogP contribution in [-0.2, 0) is 6.54 Å². The van der Waals surface area contributed by atoms with Crippen LogP contribution in [0.4, 0.5) is 19.0 Å². The zero-order valence-electron chi connectivity index (χ0n) is 7.31. The molecule has 0 aliphatic rings. The van der Waals surface area contributed by atoms with E-state index in [1.54, 1.807) is 0 Å². The number of anilines is 1. The minimum atomic E-state index is -4.80. The van der Waals surface area contributed by atoms with Gasteiger partial charge in [0.25, 0.3) is 0 Å². The fourth-order valence-corrected chi connectivity index (χ4v) is 1.55. The van der Waals surface area contributed by atoms with Gasteiger partial charge in [0.2, 0.25) is 0 Å². The number of pyridine rings is 1. The van der Waals surface area contributed by atoms with Crippen molar-refractivity contribution >= 4 is 28.4 Å². The van der Waals surface area contributed by atoms with Crippen molar-refractivity contribution in [2.45, 2.75) is 12.9 Å². The Bertz CT molecular complexity index is 369. The molecule has 0 amide bonds. The zero-order chi connectivity index (χ0) is 11.6. The molecule has 0 saturated carbocycles. The molecular weight excluding hydrogens is 326 g/mol. The first kappa shape index (κ1) is 12.3. The first-order chi connectivity index (χ1) is 6.85. The summed E-state index contributed by atoms with van der Waals surface area (Å²) in [7, 11) is 0. The number of nitrogen functional groups attached to an aromatic ring is 1. The first-order valence-corrected chi connectivity index (χ1v) is 4.81. The highest BCUT2D eigenvalue weighted by Crippen LogP contribution is 2.32. The molecule has 84 valence electrons. The summed E-state index contributed by atoms with van der Waals surface area (Å²) in [6.07, 6.45) is -3.47. The Balaban J connectivity index is 3.20. The van der Waals surface area contributed by atoms with Crippen LogP contribution in [0.1, 0.15) is 5.56 Å². The van der Waals surface area contributed by atoms with Crippen molar-refractivity contribution in [3.8, 4) is 5.75 Å². The van der Waals surface area contributed by atoms with E-state index < -0.39 is 12.1 Å². The third-order valence-corrected chi connectivity index (χ3v) is 2.46. The highest BCUT2D eigenvalue weighted by atomic mass is 127. The molecule has 0 saturated heterocycles. The lowest BCUT2D eigenvalue weighted by Gasteiger charge is -2.14. The van der Waals surface area contributed by atoms with Gasteiger partial charge in [0.1, 0.15) is 0 Å². The molecule has 1 aromatic heterocycles. The van der Waals surface area contributed by atoms with Gasteiger partial charge >= 0.3 is 6.36 Å². The van der Waals surface area contributed by atoms with Crippen molar-refractivity contribution in [1.29, 1.82) is 0 Å². The molecule has 0 radical (unpaired) electrons. The Hall–Kier alpha value is -0.770. The summed E-state index contributed by atoms with van der Waals surface area (Å²) in [6.45, 7) is -0.101. The predicted molar refractivity (Wildman–Crippen MR) is 55.9 cm³/mol. The van der Waals surface area contributed by atoms with E-state index in [1.807, 2.05) is 22.6 Å². The van der Waals surface area contributed by atoms with E-state index in [0.717, 1.165) is 0 Å². The van der Waals surface area contributed by atoms with Crippen LogP contribution in [0.2, 0.25) is 0 Å². The SMILES string of the molecule is NCc1c(I)cnc(N)c1OC(F)(F)F. The van der Waals surface area contributed by atoms with Gasteiger partial charge in [0, 0.05) is 21.9 Å². The summed E-state index contributed by atoms with van der Waals surface area (Å²) >= 11 is 1.81. The Morgan fingerprint density at radius 1 is 1.47 bits per heavy atom. The number of hydrogen-bond acceptors (Lipinski definition) is 4. The van der Waals surface area contributed by atoms with Gasteiger partial charge < -0.3 is 16.2 Å². The quantitative estimate of drug-likeness (QED) is 0.807. The summed E-state index contributed by atoms with van der Waals surface area (Å²) in [5.41, 5.74) is 10.8. The fourth-order valence-electron chi connectivity index (χ4n) is 0.946. The summed E-state index contributed by atoms with van der Waals surface area (Å²) < 4.78 is 40.3. The molecule has 1 rings (SSSR count). The lowest BCUT2D eigenvalue weighted by Crippen LogP contribution is -2.20. The lowest BCUT2D eigenvalue weighted by molar-refractivity contribution is -0.274. The van der Waals surface area contributed by atoms with Crippen LogP contribution in [0.25, 0.3) is 0 Å². The maximum absolute atomic E-state index is 12.0. The Kier molecular flexibility index (Phi) is 3.60. The molecule has 0 aliphatic carbocycles. The normalized spacial score (nSPS) is 11.5. The van der Waals surface area contributed by atoms with Gasteiger partial charge in [-0.25, -0.2) is 4.98 Å². The number of halogens is 4. The van der Waals surface area contributed by atoms with Crippen LogP contribution in [-0.4, -0.2) is 11.3 Å². The van der Waals surface area contributed by atoms with Gasteiger partial charge in [0.15, 0.2) is 11.6 Å². The van der Waals surface area contributed by atoms with E-state index in [-0.39, 0.29) is 17.9 Å². The number of alkyl halides is 3. The maximum atomic E-state index is 12.0. The van der Waals surface area contributed by atoms with Gasteiger partial charge in [-0.05, 0) is 22.6 Å². The summed E-state index contributed by atoms with van der Waals surface area (Å²) in [5, 5.41) is 0. The van der Waals surface area contributed by atoms with Gasteiger partial charge in [0.05, 0.1) is 0 Å². The van der Waals surface area contributed by atoms with Crippen molar-refractivity contribution in [2.24, 2.45) is 5.73 Å². The lowest BCUT2D eigenvalue weighted by atomic mass is 10.2. The van der Waals surface area contributed by atoms with E-state index in [0.29, 0.717) is 3.57 Å². The number of rotatable bonds is 2. The summed E-state index contributed by atoms with van der Waals surface area (Å²) in [4.78, 5) is 3.56. The number of aromatic nitrogens is 1. The molecule has 0 atom stereocenters. The standard InChI is InChI=1S/C7H7F3IN3O/c8-7(9,10)15-5-3(1-12)4(11)2-14-6(5)13/h2H,1,12H2,(H2,13,14). The molecule has 15 heavy (non-hydrogen) atoms. The zero-order valence-corrected chi connectivity index (χ0v) is 9.46. The average Bonchev–Trinajstić information content (AvgIpc) is 2.10. The second-order valence-corrected chi connectivity index (χ2v) is 3.71. The van der Waals surface area contributed by atoms with E-state index in [4.69, 9.17) is 11.5 Å². The molecule has 0 spiro atoms. The molecule has 1 heterocycles. The van der Waals surface area contributed by atoms with Crippen molar-refractivity contribution in [3.63, 3.8) is 0 Å². The van der Waals surface area contributed by atoms with Gasteiger partial charge in [-0.3, -0.25) is 0 Å².